The number of aromatic nitrogens is 1. The van der Waals surface area contributed by atoms with Gasteiger partial charge in [-0.25, -0.2) is 0 Å². The SMILES string of the molecule is COc1ccc(NCc2cc3ccc(OC)cc3[nH]c2=O)cc1. The third-order valence-corrected chi connectivity index (χ3v) is 3.70. The summed E-state index contributed by atoms with van der Waals surface area (Å²) >= 11 is 0. The largest absolute Gasteiger partial charge is 0.497 e. The maximum atomic E-state index is 12.2. The third kappa shape index (κ3) is 3.29. The van der Waals surface area contributed by atoms with Crippen LogP contribution >= 0.6 is 0 Å². The van der Waals surface area contributed by atoms with Crippen LogP contribution in [0.4, 0.5) is 5.69 Å². The molecule has 5 nitrogen and oxygen atoms in total. The summed E-state index contributed by atoms with van der Waals surface area (Å²) in [5.41, 5.74) is 2.27. The molecule has 0 fully saturated rings. The second-order valence-electron chi connectivity index (χ2n) is 5.16. The van der Waals surface area contributed by atoms with E-state index >= 15 is 0 Å². The molecular formula is C18H18N2O3. The van der Waals surface area contributed by atoms with Crippen molar-refractivity contribution in [2.75, 3.05) is 19.5 Å². The number of nitrogens with one attached hydrogen (secondary N) is 2. The first kappa shape index (κ1) is 15.0. The lowest BCUT2D eigenvalue weighted by Crippen LogP contribution is -2.15. The highest BCUT2D eigenvalue weighted by Crippen LogP contribution is 2.19. The summed E-state index contributed by atoms with van der Waals surface area (Å²) in [5, 5.41) is 4.21. The van der Waals surface area contributed by atoms with E-state index in [0.717, 1.165) is 28.1 Å². The molecule has 118 valence electrons. The van der Waals surface area contributed by atoms with Crippen molar-refractivity contribution < 1.29 is 9.47 Å². The van der Waals surface area contributed by atoms with Crippen molar-refractivity contribution in [2.24, 2.45) is 0 Å². The van der Waals surface area contributed by atoms with Gasteiger partial charge in [0.15, 0.2) is 0 Å². The van der Waals surface area contributed by atoms with Crippen LogP contribution in [0.25, 0.3) is 10.9 Å². The van der Waals surface area contributed by atoms with Crippen LogP contribution in [0.1, 0.15) is 5.56 Å². The Hall–Kier alpha value is -2.95. The van der Waals surface area contributed by atoms with Crippen LogP contribution in [-0.2, 0) is 6.54 Å². The van der Waals surface area contributed by atoms with Gasteiger partial charge in [0, 0.05) is 23.9 Å². The van der Waals surface area contributed by atoms with Crippen molar-refractivity contribution in [3.63, 3.8) is 0 Å². The monoisotopic (exact) mass is 310 g/mol. The Morgan fingerprint density at radius 3 is 2.35 bits per heavy atom. The first-order valence-electron chi connectivity index (χ1n) is 7.27. The number of rotatable bonds is 5. The standard InChI is InChI=1S/C18H18N2O3/c1-22-15-7-4-14(5-8-15)19-11-13-9-12-3-6-16(23-2)10-17(12)20-18(13)21/h3-10,19H,11H2,1-2H3,(H,20,21). The van der Waals surface area contributed by atoms with Crippen LogP contribution in [-0.4, -0.2) is 19.2 Å². The Balaban J connectivity index is 1.81. The van der Waals surface area contributed by atoms with E-state index in [0.29, 0.717) is 12.1 Å². The number of methoxy groups -OCH3 is 2. The Kier molecular flexibility index (Phi) is 4.19. The van der Waals surface area contributed by atoms with Gasteiger partial charge in [0.25, 0.3) is 5.56 Å². The van der Waals surface area contributed by atoms with Crippen LogP contribution in [0.15, 0.2) is 53.3 Å². The Morgan fingerprint density at radius 2 is 1.65 bits per heavy atom. The first-order chi connectivity index (χ1) is 11.2. The molecule has 0 unspecified atom stereocenters. The number of pyridine rings is 1. The van der Waals surface area contributed by atoms with Gasteiger partial charge in [-0.1, -0.05) is 0 Å². The van der Waals surface area contributed by atoms with Crippen LogP contribution in [0, 0.1) is 0 Å². The third-order valence-electron chi connectivity index (χ3n) is 3.70. The summed E-state index contributed by atoms with van der Waals surface area (Å²) in [6.45, 7) is 0.448. The van der Waals surface area contributed by atoms with Gasteiger partial charge in [-0.15, -0.1) is 0 Å². The summed E-state index contributed by atoms with van der Waals surface area (Å²) in [6, 6.07) is 15.1. The molecule has 2 N–H and O–H groups in total. The van der Waals surface area contributed by atoms with Crippen molar-refractivity contribution in [1.29, 1.82) is 0 Å². The lowest BCUT2D eigenvalue weighted by atomic mass is 10.1. The average Bonchev–Trinajstić information content (AvgIpc) is 2.60. The fraction of sp³-hybridized carbons (Fsp3) is 0.167. The van der Waals surface area contributed by atoms with Crippen LogP contribution in [0.3, 0.4) is 0 Å². The lowest BCUT2D eigenvalue weighted by molar-refractivity contribution is 0.415. The molecule has 0 aliphatic heterocycles. The minimum Gasteiger partial charge on any atom is -0.497 e. The fourth-order valence-corrected chi connectivity index (χ4v) is 2.39. The summed E-state index contributed by atoms with van der Waals surface area (Å²) in [4.78, 5) is 15.1. The molecule has 0 spiro atoms. The number of aromatic amines is 1. The molecule has 1 aromatic heterocycles. The summed E-state index contributed by atoms with van der Waals surface area (Å²) < 4.78 is 10.3. The van der Waals surface area contributed by atoms with Crippen LogP contribution in [0.2, 0.25) is 0 Å². The molecule has 2 aromatic carbocycles. The number of hydrogen-bond acceptors (Lipinski definition) is 4. The minimum absolute atomic E-state index is 0.105. The smallest absolute Gasteiger partial charge is 0.253 e. The van der Waals surface area contributed by atoms with Gasteiger partial charge >= 0.3 is 0 Å². The summed E-state index contributed by atoms with van der Waals surface area (Å²) in [7, 11) is 3.23. The van der Waals surface area contributed by atoms with E-state index in [1.807, 2.05) is 48.5 Å². The molecule has 0 saturated carbocycles. The van der Waals surface area contributed by atoms with Gasteiger partial charge in [0.1, 0.15) is 11.5 Å². The van der Waals surface area contributed by atoms with E-state index in [4.69, 9.17) is 9.47 Å². The zero-order chi connectivity index (χ0) is 16.2. The Morgan fingerprint density at radius 1 is 0.957 bits per heavy atom. The maximum absolute atomic E-state index is 12.2. The predicted molar refractivity (Wildman–Crippen MR) is 91.4 cm³/mol. The van der Waals surface area contributed by atoms with Gasteiger partial charge in [0.05, 0.1) is 19.7 Å². The highest BCUT2D eigenvalue weighted by Gasteiger charge is 2.04. The molecule has 3 rings (SSSR count). The van der Waals surface area contributed by atoms with Crippen molar-refractivity contribution in [3.8, 4) is 11.5 Å². The Labute approximate surface area is 133 Å². The van der Waals surface area contributed by atoms with E-state index < -0.39 is 0 Å². The molecule has 5 heteroatoms. The van der Waals surface area contributed by atoms with E-state index in [2.05, 4.69) is 10.3 Å². The molecule has 0 atom stereocenters. The molecular weight excluding hydrogens is 292 g/mol. The summed E-state index contributed by atoms with van der Waals surface area (Å²) in [5.74, 6) is 1.52. The molecule has 0 radical (unpaired) electrons. The van der Waals surface area contributed by atoms with Gasteiger partial charge in [-0.05, 0) is 47.9 Å². The second kappa shape index (κ2) is 6.44. The molecule has 1 heterocycles. The van der Waals surface area contributed by atoms with Crippen molar-refractivity contribution in [1.82, 2.24) is 4.98 Å². The second-order valence-corrected chi connectivity index (χ2v) is 5.16. The van der Waals surface area contributed by atoms with Crippen LogP contribution in [0.5, 0.6) is 11.5 Å². The maximum Gasteiger partial charge on any atom is 0.253 e. The molecule has 0 amide bonds. The van der Waals surface area contributed by atoms with Gasteiger partial charge < -0.3 is 19.8 Å². The zero-order valence-corrected chi connectivity index (χ0v) is 13.1. The highest BCUT2D eigenvalue weighted by molar-refractivity contribution is 5.80. The van der Waals surface area contributed by atoms with Gasteiger partial charge in [0.2, 0.25) is 0 Å². The van der Waals surface area contributed by atoms with E-state index in [1.54, 1.807) is 14.2 Å². The Bertz CT molecular complexity index is 870. The lowest BCUT2D eigenvalue weighted by Gasteiger charge is -2.08. The zero-order valence-electron chi connectivity index (χ0n) is 13.1. The molecule has 0 aliphatic rings. The van der Waals surface area contributed by atoms with Crippen molar-refractivity contribution >= 4 is 16.6 Å². The molecule has 0 bridgehead atoms. The van der Waals surface area contributed by atoms with Crippen molar-refractivity contribution in [2.45, 2.75) is 6.54 Å². The minimum atomic E-state index is -0.105. The number of anilines is 1. The molecule has 0 saturated heterocycles. The number of fused-ring (bicyclic) bond motifs is 1. The van der Waals surface area contributed by atoms with E-state index in [-0.39, 0.29) is 5.56 Å². The molecule has 0 aliphatic carbocycles. The van der Waals surface area contributed by atoms with E-state index in [1.165, 1.54) is 0 Å². The summed E-state index contributed by atoms with van der Waals surface area (Å²) in [6.07, 6.45) is 0. The number of hydrogen-bond donors (Lipinski definition) is 2. The quantitative estimate of drug-likeness (QED) is 0.760. The topological polar surface area (TPSA) is 63.4 Å². The number of ether oxygens (including phenoxy) is 2. The highest BCUT2D eigenvalue weighted by atomic mass is 16.5. The predicted octanol–water partition coefficient (Wildman–Crippen LogP) is 3.16. The first-order valence-corrected chi connectivity index (χ1v) is 7.27. The average molecular weight is 310 g/mol. The van der Waals surface area contributed by atoms with Gasteiger partial charge in [-0.3, -0.25) is 4.79 Å². The number of H-pyrrole nitrogens is 1. The van der Waals surface area contributed by atoms with Crippen LogP contribution < -0.4 is 20.3 Å². The fourth-order valence-electron chi connectivity index (χ4n) is 2.39. The number of benzene rings is 2. The molecule has 3 aromatic rings. The van der Waals surface area contributed by atoms with E-state index in [9.17, 15) is 4.79 Å². The molecule has 23 heavy (non-hydrogen) atoms. The van der Waals surface area contributed by atoms with Crippen molar-refractivity contribution in [3.05, 3.63) is 64.4 Å². The van der Waals surface area contributed by atoms with Gasteiger partial charge in [-0.2, -0.15) is 0 Å². The normalized spacial score (nSPS) is 10.5.